The van der Waals surface area contributed by atoms with Crippen molar-refractivity contribution in [3.8, 4) is 0 Å². The summed E-state index contributed by atoms with van der Waals surface area (Å²) in [5.74, 6) is -0.347. The monoisotopic (exact) mass is 308 g/mol. The van der Waals surface area contributed by atoms with Crippen molar-refractivity contribution in [2.24, 2.45) is 0 Å². The summed E-state index contributed by atoms with van der Waals surface area (Å²) in [5, 5.41) is 3.13. The average Bonchev–Trinajstić information content (AvgIpc) is 2.38. The molecule has 1 unspecified atom stereocenters. The van der Waals surface area contributed by atoms with E-state index in [0.717, 1.165) is 12.1 Å². The van der Waals surface area contributed by atoms with Gasteiger partial charge in [-0.25, -0.2) is 0 Å². The molecule has 1 aliphatic rings. The molecule has 3 nitrogen and oxygen atoms in total. The molecular formula is C13H16ClF3N2O. The normalized spacial score (nSPS) is 19.4. The van der Waals surface area contributed by atoms with Crippen LogP contribution in [0.2, 0.25) is 0 Å². The number of nitrogens with one attached hydrogen (secondary N) is 1. The number of carbonyl (C=O) groups is 1. The van der Waals surface area contributed by atoms with Gasteiger partial charge in [-0.15, -0.1) is 12.4 Å². The third-order valence-electron chi connectivity index (χ3n) is 3.20. The van der Waals surface area contributed by atoms with Crippen molar-refractivity contribution in [1.82, 2.24) is 10.2 Å². The van der Waals surface area contributed by atoms with E-state index in [2.05, 4.69) is 5.32 Å². The van der Waals surface area contributed by atoms with Crippen LogP contribution in [0, 0.1) is 0 Å². The lowest BCUT2D eigenvalue weighted by Crippen LogP contribution is -2.52. The Bertz CT molecular complexity index is 479. The summed E-state index contributed by atoms with van der Waals surface area (Å²) in [6.45, 7) is 3.70. The van der Waals surface area contributed by atoms with Crippen molar-refractivity contribution in [2.45, 2.75) is 19.1 Å². The maximum atomic E-state index is 12.6. The van der Waals surface area contributed by atoms with Crippen LogP contribution in [-0.4, -0.2) is 36.5 Å². The second-order valence-corrected chi connectivity index (χ2v) is 4.63. The molecule has 1 atom stereocenters. The van der Waals surface area contributed by atoms with Gasteiger partial charge in [-0.2, -0.15) is 13.2 Å². The third-order valence-corrected chi connectivity index (χ3v) is 3.20. The maximum Gasteiger partial charge on any atom is 0.416 e. The van der Waals surface area contributed by atoms with E-state index in [0.29, 0.717) is 19.6 Å². The van der Waals surface area contributed by atoms with Gasteiger partial charge in [0.1, 0.15) is 0 Å². The van der Waals surface area contributed by atoms with Gasteiger partial charge in [0, 0.05) is 31.2 Å². The van der Waals surface area contributed by atoms with Gasteiger partial charge >= 0.3 is 6.18 Å². The Labute approximate surface area is 121 Å². The number of amides is 1. The minimum Gasteiger partial charge on any atom is -0.333 e. The van der Waals surface area contributed by atoms with Gasteiger partial charge in [-0.3, -0.25) is 4.79 Å². The van der Waals surface area contributed by atoms with Crippen LogP contribution >= 0.6 is 12.4 Å². The minimum atomic E-state index is -4.43. The highest BCUT2D eigenvalue weighted by Gasteiger charge is 2.32. The summed E-state index contributed by atoms with van der Waals surface area (Å²) >= 11 is 0. The van der Waals surface area contributed by atoms with Gasteiger partial charge in [0.05, 0.1) is 5.56 Å². The fourth-order valence-corrected chi connectivity index (χ4v) is 2.14. The molecule has 0 spiro atoms. The highest BCUT2D eigenvalue weighted by Crippen LogP contribution is 2.29. The molecular weight excluding hydrogens is 293 g/mol. The summed E-state index contributed by atoms with van der Waals surface area (Å²) in [6.07, 6.45) is -4.43. The van der Waals surface area contributed by atoms with Crippen LogP contribution in [0.15, 0.2) is 24.3 Å². The fourth-order valence-electron chi connectivity index (χ4n) is 2.14. The standard InChI is InChI=1S/C13H15F3N2O.ClH/c1-9-8-17-5-6-18(9)12(19)10-3-2-4-11(7-10)13(14,15)16;/h2-4,7,9,17H,5-6,8H2,1H3;1H. The molecule has 0 bridgehead atoms. The zero-order valence-corrected chi connectivity index (χ0v) is 11.7. The van der Waals surface area contributed by atoms with E-state index in [1.165, 1.54) is 12.1 Å². The molecule has 7 heteroatoms. The molecule has 1 saturated heterocycles. The second-order valence-electron chi connectivity index (χ2n) is 4.63. The van der Waals surface area contributed by atoms with Gasteiger partial charge in [0.25, 0.3) is 5.91 Å². The number of carbonyl (C=O) groups excluding carboxylic acids is 1. The van der Waals surface area contributed by atoms with E-state index in [4.69, 9.17) is 0 Å². The number of piperazine rings is 1. The number of benzene rings is 1. The number of hydrogen-bond donors (Lipinski definition) is 1. The lowest BCUT2D eigenvalue weighted by Gasteiger charge is -2.34. The van der Waals surface area contributed by atoms with Crippen molar-refractivity contribution in [2.75, 3.05) is 19.6 Å². The topological polar surface area (TPSA) is 32.3 Å². The van der Waals surface area contributed by atoms with E-state index < -0.39 is 11.7 Å². The largest absolute Gasteiger partial charge is 0.416 e. The SMILES string of the molecule is CC1CNCCN1C(=O)c1cccc(C(F)(F)F)c1.Cl. The first-order chi connectivity index (χ1) is 8.89. The first-order valence-corrected chi connectivity index (χ1v) is 6.08. The van der Waals surface area contributed by atoms with Crippen LogP contribution < -0.4 is 5.32 Å². The minimum absolute atomic E-state index is 0. The van der Waals surface area contributed by atoms with Gasteiger partial charge in [-0.05, 0) is 25.1 Å². The Morgan fingerprint density at radius 3 is 2.70 bits per heavy atom. The molecule has 20 heavy (non-hydrogen) atoms. The molecule has 1 amide bonds. The van der Waals surface area contributed by atoms with Gasteiger partial charge in [0.15, 0.2) is 0 Å². The molecule has 1 heterocycles. The smallest absolute Gasteiger partial charge is 0.333 e. The molecule has 1 aliphatic heterocycles. The first kappa shape index (κ1) is 16.8. The molecule has 1 fully saturated rings. The molecule has 1 aromatic carbocycles. The van der Waals surface area contributed by atoms with Crippen LogP contribution in [0.1, 0.15) is 22.8 Å². The predicted molar refractivity (Wildman–Crippen MR) is 72.1 cm³/mol. The summed E-state index contributed by atoms with van der Waals surface area (Å²) in [7, 11) is 0. The highest BCUT2D eigenvalue weighted by atomic mass is 35.5. The molecule has 1 aromatic rings. The van der Waals surface area contributed by atoms with Crippen molar-refractivity contribution >= 4 is 18.3 Å². The summed E-state index contributed by atoms with van der Waals surface area (Å²) in [6, 6.07) is 4.56. The maximum absolute atomic E-state index is 12.6. The van der Waals surface area contributed by atoms with Crippen LogP contribution in [0.25, 0.3) is 0 Å². The predicted octanol–water partition coefficient (Wildman–Crippen LogP) is 2.56. The Morgan fingerprint density at radius 1 is 1.40 bits per heavy atom. The lowest BCUT2D eigenvalue weighted by atomic mass is 10.1. The first-order valence-electron chi connectivity index (χ1n) is 6.08. The van der Waals surface area contributed by atoms with Gasteiger partial charge in [0.2, 0.25) is 0 Å². The fraction of sp³-hybridized carbons (Fsp3) is 0.462. The van der Waals surface area contributed by atoms with Crippen molar-refractivity contribution in [3.05, 3.63) is 35.4 Å². The zero-order chi connectivity index (χ0) is 14.0. The molecule has 0 aromatic heterocycles. The van der Waals surface area contributed by atoms with Crippen LogP contribution in [0.5, 0.6) is 0 Å². The zero-order valence-electron chi connectivity index (χ0n) is 10.9. The van der Waals surface area contributed by atoms with E-state index in [1.54, 1.807) is 4.90 Å². The number of hydrogen-bond acceptors (Lipinski definition) is 2. The second kappa shape index (κ2) is 6.45. The molecule has 0 aliphatic carbocycles. The lowest BCUT2D eigenvalue weighted by molar-refractivity contribution is -0.137. The van der Waals surface area contributed by atoms with E-state index >= 15 is 0 Å². The third kappa shape index (κ3) is 3.64. The van der Waals surface area contributed by atoms with Crippen LogP contribution in [0.3, 0.4) is 0 Å². The number of rotatable bonds is 1. The Hall–Kier alpha value is -1.27. The number of nitrogens with zero attached hydrogens (tertiary/aromatic N) is 1. The molecule has 112 valence electrons. The van der Waals surface area contributed by atoms with E-state index in [1.807, 2.05) is 6.92 Å². The van der Waals surface area contributed by atoms with Crippen molar-refractivity contribution in [1.29, 1.82) is 0 Å². The van der Waals surface area contributed by atoms with E-state index in [-0.39, 0.29) is 29.9 Å². The molecule has 1 N–H and O–H groups in total. The van der Waals surface area contributed by atoms with Crippen LogP contribution in [0.4, 0.5) is 13.2 Å². The summed E-state index contributed by atoms with van der Waals surface area (Å²) < 4.78 is 37.8. The van der Waals surface area contributed by atoms with Crippen molar-refractivity contribution in [3.63, 3.8) is 0 Å². The Balaban J connectivity index is 0.00000200. The molecule has 2 rings (SSSR count). The van der Waals surface area contributed by atoms with Gasteiger partial charge < -0.3 is 10.2 Å². The van der Waals surface area contributed by atoms with E-state index in [9.17, 15) is 18.0 Å². The number of halogens is 4. The van der Waals surface area contributed by atoms with Gasteiger partial charge in [-0.1, -0.05) is 6.07 Å². The molecule has 0 radical (unpaired) electrons. The average molecular weight is 309 g/mol. The summed E-state index contributed by atoms with van der Waals surface area (Å²) in [5.41, 5.74) is -0.704. The molecule has 0 saturated carbocycles. The quantitative estimate of drug-likeness (QED) is 0.865. The number of alkyl halides is 3. The Kier molecular flexibility index (Phi) is 5.42. The highest BCUT2D eigenvalue weighted by molar-refractivity contribution is 5.94. The van der Waals surface area contributed by atoms with Crippen LogP contribution in [-0.2, 0) is 6.18 Å². The van der Waals surface area contributed by atoms with Crippen molar-refractivity contribution < 1.29 is 18.0 Å². The Morgan fingerprint density at radius 2 is 2.10 bits per heavy atom. The summed E-state index contributed by atoms with van der Waals surface area (Å²) in [4.78, 5) is 13.8.